The molecule has 3 aromatic rings. The number of halogens is 1. The van der Waals surface area contributed by atoms with Gasteiger partial charge in [0.05, 0.1) is 23.6 Å². The molecule has 1 unspecified atom stereocenters. The van der Waals surface area contributed by atoms with E-state index < -0.39 is 5.92 Å². The molecule has 152 valence electrons. The first-order valence-electron chi connectivity index (χ1n) is 9.60. The van der Waals surface area contributed by atoms with Crippen LogP contribution in [0.4, 0.5) is 0 Å². The molecular weight excluding hydrogens is 398 g/mol. The molecule has 0 aliphatic rings. The second kappa shape index (κ2) is 9.47. The maximum absolute atomic E-state index is 12.6. The van der Waals surface area contributed by atoms with E-state index >= 15 is 0 Å². The topological polar surface area (TPSA) is 59.3 Å². The molecule has 0 N–H and O–H groups in total. The van der Waals surface area contributed by atoms with Gasteiger partial charge in [0.2, 0.25) is 0 Å². The fourth-order valence-corrected chi connectivity index (χ4v) is 3.70. The first kappa shape index (κ1) is 21.4. The van der Waals surface area contributed by atoms with Gasteiger partial charge in [0.25, 0.3) is 0 Å². The van der Waals surface area contributed by atoms with E-state index in [1.165, 1.54) is 7.11 Å². The Labute approximate surface area is 181 Å². The van der Waals surface area contributed by atoms with E-state index in [-0.39, 0.29) is 11.9 Å². The molecule has 0 aromatic heterocycles. The highest BCUT2D eigenvalue weighted by molar-refractivity contribution is 6.32. The van der Waals surface area contributed by atoms with E-state index in [1.807, 2.05) is 68.4 Å². The summed E-state index contributed by atoms with van der Waals surface area (Å²) in [5.41, 5.74) is 2.38. The van der Waals surface area contributed by atoms with Crippen LogP contribution in [0.1, 0.15) is 30.9 Å². The molecule has 3 aromatic carbocycles. The molecule has 0 radical (unpaired) electrons. The van der Waals surface area contributed by atoms with E-state index in [1.54, 1.807) is 12.1 Å². The van der Waals surface area contributed by atoms with Gasteiger partial charge in [0.15, 0.2) is 0 Å². The third kappa shape index (κ3) is 4.48. The van der Waals surface area contributed by atoms with Crippen molar-refractivity contribution >= 4 is 17.6 Å². The molecule has 0 aliphatic carbocycles. The number of nitrogens with zero attached hydrogens (tertiary/aromatic N) is 1. The Kier molecular flexibility index (Phi) is 6.76. The minimum atomic E-state index is -0.534. The minimum absolute atomic E-state index is 0.0346. The number of methoxy groups -OCH3 is 1. The number of hydrogen-bond acceptors (Lipinski definition) is 4. The number of benzene rings is 3. The van der Waals surface area contributed by atoms with Crippen LogP contribution < -0.4 is 4.74 Å². The van der Waals surface area contributed by atoms with E-state index in [9.17, 15) is 10.1 Å². The third-order valence-electron chi connectivity index (χ3n) is 4.86. The lowest BCUT2D eigenvalue weighted by molar-refractivity contribution is -0.143. The molecule has 1 atom stereocenters. The van der Waals surface area contributed by atoms with Crippen LogP contribution in [0, 0.1) is 17.2 Å². The number of carbonyl (C=O) groups excluding carboxylic acids is 1. The quantitative estimate of drug-likeness (QED) is 0.423. The van der Waals surface area contributed by atoms with Crippen molar-refractivity contribution in [1.29, 1.82) is 5.26 Å². The summed E-state index contributed by atoms with van der Waals surface area (Å²) in [6.45, 7) is 3.89. The number of para-hydroxylation sites is 1. The summed E-state index contributed by atoms with van der Waals surface area (Å²) >= 11 is 6.35. The lowest BCUT2D eigenvalue weighted by atomic mass is 9.82. The molecule has 0 saturated carbocycles. The van der Waals surface area contributed by atoms with Crippen molar-refractivity contribution in [2.75, 3.05) is 7.11 Å². The van der Waals surface area contributed by atoms with Gasteiger partial charge in [-0.05, 0) is 47.4 Å². The van der Waals surface area contributed by atoms with E-state index in [2.05, 4.69) is 6.07 Å². The van der Waals surface area contributed by atoms with Gasteiger partial charge < -0.3 is 9.47 Å². The minimum Gasteiger partial charge on any atom is -0.469 e. The molecule has 0 bridgehead atoms. The number of carbonyl (C=O) groups is 1. The number of ether oxygens (including phenoxy) is 2. The molecule has 0 aliphatic heterocycles. The zero-order valence-corrected chi connectivity index (χ0v) is 17.8. The fraction of sp³-hybridized carbons (Fsp3) is 0.200. The first-order chi connectivity index (χ1) is 14.5. The lowest BCUT2D eigenvalue weighted by Crippen LogP contribution is -2.20. The Bertz CT molecular complexity index is 1090. The van der Waals surface area contributed by atoms with E-state index in [4.69, 9.17) is 21.1 Å². The van der Waals surface area contributed by atoms with Gasteiger partial charge in [-0.15, -0.1) is 0 Å². The SMILES string of the molecule is COC(=O)C(c1ccc(Cl)c(C#N)c1-c1cccc(Oc2ccccc2)c1)C(C)C. The standard InChI is InChI=1S/C25H22ClNO3/c1-16(2)23(25(28)29-3)20-12-13-22(26)21(15-27)24(20)17-8-7-11-19(14-17)30-18-9-5-4-6-10-18/h4-14,16,23H,1-3H3. The summed E-state index contributed by atoms with van der Waals surface area (Å²) in [6.07, 6.45) is 0. The van der Waals surface area contributed by atoms with Gasteiger partial charge in [0.1, 0.15) is 17.6 Å². The van der Waals surface area contributed by atoms with E-state index in [0.29, 0.717) is 33.2 Å². The Morgan fingerprint density at radius 3 is 2.33 bits per heavy atom. The van der Waals surface area contributed by atoms with Crippen LogP contribution in [0.5, 0.6) is 11.5 Å². The molecule has 30 heavy (non-hydrogen) atoms. The lowest BCUT2D eigenvalue weighted by Gasteiger charge is -2.23. The number of nitriles is 1. The number of hydrogen-bond donors (Lipinski definition) is 0. The highest BCUT2D eigenvalue weighted by Crippen LogP contribution is 2.40. The predicted molar refractivity (Wildman–Crippen MR) is 118 cm³/mol. The molecule has 5 heteroatoms. The maximum Gasteiger partial charge on any atom is 0.313 e. The van der Waals surface area contributed by atoms with Crippen molar-refractivity contribution < 1.29 is 14.3 Å². The summed E-state index contributed by atoms with van der Waals surface area (Å²) in [5, 5.41) is 10.2. The predicted octanol–water partition coefficient (Wildman–Crippen LogP) is 6.58. The molecule has 3 rings (SSSR count). The van der Waals surface area contributed by atoms with Crippen LogP contribution in [0.15, 0.2) is 66.7 Å². The second-order valence-electron chi connectivity index (χ2n) is 7.19. The van der Waals surface area contributed by atoms with Gasteiger partial charge >= 0.3 is 5.97 Å². The molecular formula is C25H22ClNO3. The van der Waals surface area contributed by atoms with Crippen LogP contribution in [0.25, 0.3) is 11.1 Å². The van der Waals surface area contributed by atoms with Crippen molar-refractivity contribution in [3.63, 3.8) is 0 Å². The van der Waals surface area contributed by atoms with Crippen molar-refractivity contribution in [2.45, 2.75) is 19.8 Å². The summed E-state index contributed by atoms with van der Waals surface area (Å²) in [5.74, 6) is 0.402. The van der Waals surface area contributed by atoms with Crippen molar-refractivity contribution in [1.82, 2.24) is 0 Å². The summed E-state index contributed by atoms with van der Waals surface area (Å²) < 4.78 is 11.0. The van der Waals surface area contributed by atoms with Gasteiger partial charge in [-0.3, -0.25) is 4.79 Å². The highest BCUT2D eigenvalue weighted by atomic mass is 35.5. The van der Waals surface area contributed by atoms with Crippen LogP contribution in [-0.4, -0.2) is 13.1 Å². The molecule has 4 nitrogen and oxygen atoms in total. The highest BCUT2D eigenvalue weighted by Gasteiger charge is 2.30. The first-order valence-corrected chi connectivity index (χ1v) is 9.97. The van der Waals surface area contributed by atoms with Gasteiger partial charge in [-0.1, -0.05) is 61.8 Å². The monoisotopic (exact) mass is 419 g/mol. The van der Waals surface area contributed by atoms with Crippen molar-refractivity contribution in [3.8, 4) is 28.7 Å². The van der Waals surface area contributed by atoms with E-state index in [0.717, 1.165) is 5.56 Å². The summed E-state index contributed by atoms with van der Waals surface area (Å²) in [6, 6.07) is 22.5. The normalized spacial score (nSPS) is 11.6. The Hall–Kier alpha value is -3.29. The molecule has 0 amide bonds. The number of rotatable bonds is 6. The van der Waals surface area contributed by atoms with Gasteiger partial charge in [-0.25, -0.2) is 0 Å². The van der Waals surface area contributed by atoms with Gasteiger partial charge in [0, 0.05) is 5.56 Å². The van der Waals surface area contributed by atoms with Crippen LogP contribution in [0.3, 0.4) is 0 Å². The Morgan fingerprint density at radius 2 is 1.70 bits per heavy atom. The average molecular weight is 420 g/mol. The summed E-state index contributed by atoms with van der Waals surface area (Å²) in [4.78, 5) is 12.6. The summed E-state index contributed by atoms with van der Waals surface area (Å²) in [7, 11) is 1.37. The smallest absolute Gasteiger partial charge is 0.313 e. The zero-order valence-electron chi connectivity index (χ0n) is 17.1. The fourth-order valence-electron chi connectivity index (χ4n) is 3.50. The van der Waals surface area contributed by atoms with Gasteiger partial charge in [-0.2, -0.15) is 5.26 Å². The van der Waals surface area contributed by atoms with Crippen molar-refractivity contribution in [3.05, 3.63) is 82.9 Å². The van der Waals surface area contributed by atoms with Crippen LogP contribution >= 0.6 is 11.6 Å². The van der Waals surface area contributed by atoms with Crippen LogP contribution in [-0.2, 0) is 9.53 Å². The van der Waals surface area contributed by atoms with Crippen molar-refractivity contribution in [2.24, 2.45) is 5.92 Å². The second-order valence-corrected chi connectivity index (χ2v) is 7.59. The molecule has 0 fully saturated rings. The molecule has 0 heterocycles. The maximum atomic E-state index is 12.6. The zero-order chi connectivity index (χ0) is 21.7. The third-order valence-corrected chi connectivity index (χ3v) is 5.17. The average Bonchev–Trinajstić information content (AvgIpc) is 2.75. The Balaban J connectivity index is 2.17. The molecule has 0 spiro atoms. The molecule has 0 saturated heterocycles. The Morgan fingerprint density at radius 1 is 1.00 bits per heavy atom. The van der Waals surface area contributed by atoms with Crippen LogP contribution in [0.2, 0.25) is 5.02 Å². The largest absolute Gasteiger partial charge is 0.469 e. The number of esters is 1.